The van der Waals surface area contributed by atoms with Crippen LogP contribution in [0.2, 0.25) is 0 Å². The van der Waals surface area contributed by atoms with Gasteiger partial charge in [-0.05, 0) is 36.1 Å². The molecule has 0 bridgehead atoms. The Morgan fingerprint density at radius 1 is 1.04 bits per heavy atom. The molecule has 1 heterocycles. The quantitative estimate of drug-likeness (QED) is 0.339. The van der Waals surface area contributed by atoms with E-state index < -0.39 is 0 Å². The van der Waals surface area contributed by atoms with Crippen molar-refractivity contribution >= 4 is 40.8 Å². The second-order valence-electron chi connectivity index (χ2n) is 6.50. The van der Waals surface area contributed by atoms with Crippen molar-refractivity contribution in [3.63, 3.8) is 0 Å². The van der Waals surface area contributed by atoms with Crippen LogP contribution in [0.25, 0.3) is 10.9 Å². The van der Waals surface area contributed by atoms with E-state index in [-0.39, 0.29) is 24.0 Å². The number of pyridine rings is 1. The minimum absolute atomic E-state index is 0. The number of hydrogen-bond acceptors (Lipinski definition) is 2. The van der Waals surface area contributed by atoms with Gasteiger partial charge in [0.15, 0.2) is 5.96 Å². The number of aliphatic imine (C=N–C) groups is 1. The maximum absolute atomic E-state index is 4.53. The Hall–Kier alpha value is -2.15. The van der Waals surface area contributed by atoms with Gasteiger partial charge in [0.05, 0.1) is 5.52 Å². The third-order valence-electron chi connectivity index (χ3n) is 4.64. The number of halogens is 1. The molecule has 0 spiro atoms. The molecule has 2 aromatic carbocycles. The standard InChI is InChI=1S/C22H26N4.HI/c1-17-8-4-5-9-20(17)16-26(3)22(23-2)25-15-13-19-11-6-10-18-12-7-14-24-21(18)19;/h4-12,14H,13,15-16H2,1-3H3,(H,23,25);1H. The Labute approximate surface area is 178 Å². The molecule has 0 aliphatic rings. The molecular weight excluding hydrogens is 447 g/mol. The summed E-state index contributed by atoms with van der Waals surface area (Å²) in [5, 5.41) is 4.66. The highest BCUT2D eigenvalue weighted by Gasteiger charge is 2.08. The molecule has 1 aromatic heterocycles. The van der Waals surface area contributed by atoms with Gasteiger partial charge in [-0.2, -0.15) is 0 Å². The summed E-state index contributed by atoms with van der Waals surface area (Å²) in [6.45, 7) is 3.80. The molecule has 0 unspecified atom stereocenters. The zero-order chi connectivity index (χ0) is 18.4. The highest BCUT2D eigenvalue weighted by molar-refractivity contribution is 14.0. The van der Waals surface area contributed by atoms with Crippen molar-refractivity contribution in [2.45, 2.75) is 19.9 Å². The summed E-state index contributed by atoms with van der Waals surface area (Å²) in [4.78, 5) is 11.1. The van der Waals surface area contributed by atoms with Crippen molar-refractivity contribution in [1.29, 1.82) is 0 Å². The first-order valence-electron chi connectivity index (χ1n) is 8.98. The van der Waals surface area contributed by atoms with Crippen molar-refractivity contribution in [3.05, 3.63) is 77.5 Å². The summed E-state index contributed by atoms with van der Waals surface area (Å²) >= 11 is 0. The van der Waals surface area contributed by atoms with Crippen molar-refractivity contribution < 1.29 is 0 Å². The van der Waals surface area contributed by atoms with Crippen LogP contribution in [-0.2, 0) is 13.0 Å². The summed E-state index contributed by atoms with van der Waals surface area (Å²) in [7, 11) is 3.90. The summed E-state index contributed by atoms with van der Waals surface area (Å²) in [5.41, 5.74) is 4.96. The minimum atomic E-state index is 0. The number of rotatable bonds is 5. The van der Waals surface area contributed by atoms with Crippen LogP contribution in [0, 0.1) is 6.92 Å². The fourth-order valence-corrected chi connectivity index (χ4v) is 3.18. The first-order valence-corrected chi connectivity index (χ1v) is 8.98. The summed E-state index contributed by atoms with van der Waals surface area (Å²) < 4.78 is 0. The van der Waals surface area contributed by atoms with Crippen LogP contribution in [-0.4, -0.2) is 36.5 Å². The monoisotopic (exact) mass is 474 g/mol. The summed E-state index contributed by atoms with van der Waals surface area (Å²) in [6.07, 6.45) is 2.76. The van der Waals surface area contributed by atoms with Gasteiger partial charge in [-0.3, -0.25) is 9.98 Å². The molecule has 5 heteroatoms. The van der Waals surface area contributed by atoms with Gasteiger partial charge in [-0.15, -0.1) is 24.0 Å². The lowest BCUT2D eigenvalue weighted by atomic mass is 10.1. The predicted octanol–water partition coefficient (Wildman–Crippen LogP) is 4.41. The summed E-state index contributed by atoms with van der Waals surface area (Å²) in [6, 6.07) is 18.9. The molecule has 0 atom stereocenters. The molecule has 0 fully saturated rings. The number of hydrogen-bond donors (Lipinski definition) is 1. The van der Waals surface area contributed by atoms with Gasteiger partial charge < -0.3 is 10.2 Å². The topological polar surface area (TPSA) is 40.5 Å². The fraction of sp³-hybridized carbons (Fsp3) is 0.273. The first kappa shape index (κ1) is 21.2. The maximum atomic E-state index is 4.53. The van der Waals surface area contributed by atoms with Crippen LogP contribution in [0.5, 0.6) is 0 Å². The highest BCUT2D eigenvalue weighted by atomic mass is 127. The second kappa shape index (κ2) is 10.3. The van der Waals surface area contributed by atoms with Gasteiger partial charge in [0.2, 0.25) is 0 Å². The molecule has 0 saturated carbocycles. The smallest absolute Gasteiger partial charge is 0.193 e. The van der Waals surface area contributed by atoms with Crippen LogP contribution >= 0.6 is 24.0 Å². The van der Waals surface area contributed by atoms with E-state index in [1.807, 2.05) is 19.3 Å². The summed E-state index contributed by atoms with van der Waals surface area (Å²) in [5.74, 6) is 0.904. The normalized spacial score (nSPS) is 11.1. The Morgan fingerprint density at radius 2 is 1.78 bits per heavy atom. The average Bonchev–Trinajstić information content (AvgIpc) is 2.67. The molecule has 0 amide bonds. The predicted molar refractivity (Wildman–Crippen MR) is 125 cm³/mol. The SMILES string of the molecule is CN=C(NCCc1cccc2cccnc12)N(C)Cc1ccccc1C.I. The maximum Gasteiger partial charge on any atom is 0.193 e. The van der Waals surface area contributed by atoms with Crippen LogP contribution in [0.3, 0.4) is 0 Å². The molecule has 0 aliphatic carbocycles. The molecule has 0 saturated heterocycles. The van der Waals surface area contributed by atoms with Crippen LogP contribution in [0.1, 0.15) is 16.7 Å². The molecule has 3 aromatic rings. The number of nitrogens with one attached hydrogen (secondary N) is 1. The van der Waals surface area contributed by atoms with Crippen LogP contribution < -0.4 is 5.32 Å². The van der Waals surface area contributed by atoms with Gasteiger partial charge in [-0.1, -0.05) is 48.5 Å². The van der Waals surface area contributed by atoms with Gasteiger partial charge in [0.25, 0.3) is 0 Å². The van der Waals surface area contributed by atoms with E-state index in [1.54, 1.807) is 0 Å². The zero-order valence-electron chi connectivity index (χ0n) is 16.1. The Morgan fingerprint density at radius 3 is 2.56 bits per heavy atom. The lowest BCUT2D eigenvalue weighted by Gasteiger charge is -2.23. The Bertz CT molecular complexity index is 902. The van der Waals surface area contributed by atoms with E-state index in [0.717, 1.165) is 31.0 Å². The molecule has 3 rings (SSSR count). The van der Waals surface area contributed by atoms with Crippen molar-refractivity contribution in [2.75, 3.05) is 20.6 Å². The van der Waals surface area contributed by atoms with E-state index >= 15 is 0 Å². The lowest BCUT2D eigenvalue weighted by molar-refractivity contribution is 0.476. The first-order chi connectivity index (χ1) is 12.7. The number of benzene rings is 2. The molecule has 142 valence electrons. The number of nitrogens with zero attached hydrogens (tertiary/aromatic N) is 3. The minimum Gasteiger partial charge on any atom is -0.356 e. The number of guanidine groups is 1. The Kier molecular flexibility index (Phi) is 8.03. The number of aromatic nitrogens is 1. The molecule has 27 heavy (non-hydrogen) atoms. The van der Waals surface area contributed by atoms with E-state index in [0.29, 0.717) is 0 Å². The largest absolute Gasteiger partial charge is 0.356 e. The average molecular weight is 474 g/mol. The van der Waals surface area contributed by atoms with Gasteiger partial charge in [0.1, 0.15) is 0 Å². The van der Waals surface area contributed by atoms with E-state index in [2.05, 4.69) is 82.7 Å². The van der Waals surface area contributed by atoms with Gasteiger partial charge >= 0.3 is 0 Å². The number of aryl methyl sites for hydroxylation is 1. The lowest BCUT2D eigenvalue weighted by Crippen LogP contribution is -2.39. The zero-order valence-corrected chi connectivity index (χ0v) is 18.5. The van der Waals surface area contributed by atoms with Crippen molar-refractivity contribution in [2.24, 2.45) is 4.99 Å². The molecular formula is C22H27IN4. The van der Waals surface area contributed by atoms with Crippen molar-refractivity contribution in [1.82, 2.24) is 15.2 Å². The van der Waals surface area contributed by atoms with Crippen molar-refractivity contribution in [3.8, 4) is 0 Å². The fourth-order valence-electron chi connectivity index (χ4n) is 3.18. The van der Waals surface area contributed by atoms with Crippen LogP contribution in [0.4, 0.5) is 0 Å². The molecule has 4 nitrogen and oxygen atoms in total. The third-order valence-corrected chi connectivity index (χ3v) is 4.64. The second-order valence-corrected chi connectivity index (χ2v) is 6.50. The van der Waals surface area contributed by atoms with Crippen LogP contribution in [0.15, 0.2) is 65.8 Å². The van der Waals surface area contributed by atoms with Gasteiger partial charge in [-0.25, -0.2) is 0 Å². The van der Waals surface area contributed by atoms with Gasteiger partial charge in [0, 0.05) is 38.8 Å². The molecule has 0 aliphatic heterocycles. The number of para-hydroxylation sites is 1. The van der Waals surface area contributed by atoms with E-state index in [4.69, 9.17) is 0 Å². The highest BCUT2D eigenvalue weighted by Crippen LogP contribution is 2.16. The Balaban J connectivity index is 0.00000261. The molecule has 1 N–H and O–H groups in total. The number of fused-ring (bicyclic) bond motifs is 1. The van der Waals surface area contributed by atoms with E-state index in [1.165, 1.54) is 22.1 Å². The third kappa shape index (κ3) is 5.42. The van der Waals surface area contributed by atoms with E-state index in [9.17, 15) is 0 Å². The molecule has 0 radical (unpaired) electrons.